The van der Waals surface area contributed by atoms with E-state index in [2.05, 4.69) is 31.4 Å². The van der Waals surface area contributed by atoms with Crippen LogP contribution in [0.5, 0.6) is 0 Å². The van der Waals surface area contributed by atoms with Gasteiger partial charge in [0.05, 0.1) is 6.10 Å². The Kier molecular flexibility index (Phi) is 5.13. The summed E-state index contributed by atoms with van der Waals surface area (Å²) in [6, 6.07) is 8.30. The molecule has 1 fully saturated rings. The molecular weight excluding hydrogens is 240 g/mol. The van der Waals surface area contributed by atoms with E-state index in [1.807, 2.05) is 6.07 Å². The normalized spacial score (nSPS) is 25.9. The van der Waals surface area contributed by atoms with Crippen molar-refractivity contribution in [2.75, 3.05) is 6.26 Å². The first kappa shape index (κ1) is 14.0. The third kappa shape index (κ3) is 3.10. The fourth-order valence-corrected chi connectivity index (χ4v) is 3.79. The Hall–Kier alpha value is -0.470. The van der Waals surface area contributed by atoms with Crippen LogP contribution in [0.4, 0.5) is 0 Å². The van der Waals surface area contributed by atoms with Gasteiger partial charge in [-0.25, -0.2) is 0 Å². The highest BCUT2D eigenvalue weighted by molar-refractivity contribution is 7.98. The van der Waals surface area contributed by atoms with Crippen molar-refractivity contribution in [2.24, 2.45) is 11.8 Å². The number of hydrogen-bond acceptors (Lipinski definition) is 2. The van der Waals surface area contributed by atoms with Crippen LogP contribution in [0, 0.1) is 11.8 Å². The zero-order valence-electron chi connectivity index (χ0n) is 11.4. The molecule has 0 bridgehead atoms. The molecule has 0 amide bonds. The van der Waals surface area contributed by atoms with E-state index in [4.69, 9.17) is 0 Å². The van der Waals surface area contributed by atoms with Gasteiger partial charge in [0.15, 0.2) is 0 Å². The molecule has 0 radical (unpaired) electrons. The number of aliphatic hydroxyl groups is 1. The lowest BCUT2D eigenvalue weighted by Crippen LogP contribution is -2.21. The van der Waals surface area contributed by atoms with Gasteiger partial charge in [-0.3, -0.25) is 0 Å². The standard InChI is InChI=1S/C16H24OS/c1-3-12-7-6-8-13(11-12)16(17)14-9-4-5-10-15(14)18-2/h4-5,9-10,12-13,16-17H,3,6-8,11H2,1-2H3. The summed E-state index contributed by atoms with van der Waals surface area (Å²) in [6.45, 7) is 2.27. The Morgan fingerprint density at radius 1 is 1.33 bits per heavy atom. The molecule has 1 aromatic carbocycles. The van der Waals surface area contributed by atoms with Crippen LogP contribution in [0.1, 0.15) is 50.7 Å². The van der Waals surface area contributed by atoms with E-state index in [1.165, 1.54) is 37.0 Å². The lowest BCUT2D eigenvalue weighted by Gasteiger charge is -2.32. The quantitative estimate of drug-likeness (QED) is 0.798. The van der Waals surface area contributed by atoms with E-state index in [0.717, 1.165) is 11.5 Å². The molecule has 0 aromatic heterocycles. The molecule has 2 heteroatoms. The van der Waals surface area contributed by atoms with Gasteiger partial charge in [-0.15, -0.1) is 11.8 Å². The lowest BCUT2D eigenvalue weighted by atomic mass is 9.76. The summed E-state index contributed by atoms with van der Waals surface area (Å²) in [5, 5.41) is 10.7. The smallest absolute Gasteiger partial charge is 0.0829 e. The predicted octanol–water partition coefficient (Wildman–Crippen LogP) is 4.66. The van der Waals surface area contributed by atoms with Crippen LogP contribution in [-0.4, -0.2) is 11.4 Å². The van der Waals surface area contributed by atoms with Crippen molar-refractivity contribution < 1.29 is 5.11 Å². The molecule has 0 heterocycles. The molecule has 3 unspecified atom stereocenters. The van der Waals surface area contributed by atoms with Gasteiger partial charge < -0.3 is 5.11 Å². The van der Waals surface area contributed by atoms with Crippen LogP contribution in [-0.2, 0) is 0 Å². The molecule has 0 aliphatic heterocycles. The van der Waals surface area contributed by atoms with E-state index in [0.29, 0.717) is 5.92 Å². The first-order chi connectivity index (χ1) is 8.76. The minimum Gasteiger partial charge on any atom is -0.388 e. The Labute approximate surface area is 115 Å². The number of thioether (sulfide) groups is 1. The second-order valence-corrected chi connectivity index (χ2v) is 6.24. The maximum absolute atomic E-state index is 10.7. The molecule has 3 atom stereocenters. The van der Waals surface area contributed by atoms with Crippen LogP contribution < -0.4 is 0 Å². The topological polar surface area (TPSA) is 20.2 Å². The highest BCUT2D eigenvalue weighted by Gasteiger charge is 2.28. The van der Waals surface area contributed by atoms with Crippen molar-refractivity contribution in [3.63, 3.8) is 0 Å². The molecule has 2 rings (SSSR count). The van der Waals surface area contributed by atoms with E-state index >= 15 is 0 Å². The second kappa shape index (κ2) is 6.63. The molecular formula is C16H24OS. The zero-order valence-corrected chi connectivity index (χ0v) is 12.2. The molecule has 1 aliphatic carbocycles. The Bertz CT molecular complexity index is 377. The van der Waals surface area contributed by atoms with Gasteiger partial charge >= 0.3 is 0 Å². The maximum Gasteiger partial charge on any atom is 0.0829 e. The van der Waals surface area contributed by atoms with Gasteiger partial charge in [-0.05, 0) is 42.6 Å². The second-order valence-electron chi connectivity index (χ2n) is 5.39. The molecule has 0 saturated heterocycles. The van der Waals surface area contributed by atoms with Crippen LogP contribution in [0.25, 0.3) is 0 Å². The summed E-state index contributed by atoms with van der Waals surface area (Å²) in [5.74, 6) is 1.27. The largest absolute Gasteiger partial charge is 0.388 e. The highest BCUT2D eigenvalue weighted by atomic mass is 32.2. The van der Waals surface area contributed by atoms with Crippen molar-refractivity contribution in [3.8, 4) is 0 Å². The van der Waals surface area contributed by atoms with E-state index < -0.39 is 0 Å². The van der Waals surface area contributed by atoms with Gasteiger partial charge in [-0.2, -0.15) is 0 Å². The predicted molar refractivity (Wildman–Crippen MR) is 78.9 cm³/mol. The fourth-order valence-electron chi connectivity index (χ4n) is 3.15. The minimum atomic E-state index is -0.275. The Balaban J connectivity index is 2.12. The van der Waals surface area contributed by atoms with Crippen LogP contribution in [0.15, 0.2) is 29.2 Å². The average molecular weight is 264 g/mol. The summed E-state index contributed by atoms with van der Waals surface area (Å²) in [6.07, 6.45) is 8.07. The first-order valence-corrected chi connectivity index (χ1v) is 8.29. The number of hydrogen-bond donors (Lipinski definition) is 1. The molecule has 1 nitrogen and oxygen atoms in total. The van der Waals surface area contributed by atoms with Crippen molar-refractivity contribution >= 4 is 11.8 Å². The van der Waals surface area contributed by atoms with Crippen molar-refractivity contribution in [1.29, 1.82) is 0 Å². The lowest BCUT2D eigenvalue weighted by molar-refractivity contribution is 0.0659. The molecule has 18 heavy (non-hydrogen) atoms. The first-order valence-electron chi connectivity index (χ1n) is 7.07. The monoisotopic (exact) mass is 264 g/mol. The third-order valence-electron chi connectivity index (χ3n) is 4.30. The van der Waals surface area contributed by atoms with Gasteiger partial charge in [0, 0.05) is 4.90 Å². The van der Waals surface area contributed by atoms with Gasteiger partial charge in [0.25, 0.3) is 0 Å². The fraction of sp³-hybridized carbons (Fsp3) is 0.625. The van der Waals surface area contributed by atoms with Crippen LogP contribution in [0.3, 0.4) is 0 Å². The molecule has 1 saturated carbocycles. The summed E-state index contributed by atoms with van der Waals surface area (Å²) >= 11 is 1.73. The summed E-state index contributed by atoms with van der Waals surface area (Å²) in [4.78, 5) is 1.23. The number of rotatable bonds is 4. The van der Waals surface area contributed by atoms with Gasteiger partial charge in [0.2, 0.25) is 0 Å². The SMILES string of the molecule is CCC1CCCC(C(O)c2ccccc2SC)C1. The molecule has 1 aromatic rings. The molecule has 100 valence electrons. The summed E-state index contributed by atoms with van der Waals surface area (Å²) in [7, 11) is 0. The maximum atomic E-state index is 10.7. The van der Waals surface area contributed by atoms with Crippen molar-refractivity contribution in [3.05, 3.63) is 29.8 Å². The molecule has 1 N–H and O–H groups in total. The minimum absolute atomic E-state index is 0.275. The molecule has 0 spiro atoms. The third-order valence-corrected chi connectivity index (χ3v) is 5.12. The van der Waals surface area contributed by atoms with Gasteiger partial charge in [-0.1, -0.05) is 44.4 Å². The summed E-state index contributed by atoms with van der Waals surface area (Å²) in [5.41, 5.74) is 1.13. The Morgan fingerprint density at radius 2 is 2.11 bits per heavy atom. The van der Waals surface area contributed by atoms with E-state index in [-0.39, 0.29) is 6.10 Å². The van der Waals surface area contributed by atoms with E-state index in [9.17, 15) is 5.11 Å². The average Bonchev–Trinajstić information content (AvgIpc) is 2.46. The number of aliphatic hydroxyl groups excluding tert-OH is 1. The highest BCUT2D eigenvalue weighted by Crippen LogP contribution is 2.40. The zero-order chi connectivity index (χ0) is 13.0. The van der Waals surface area contributed by atoms with Crippen LogP contribution >= 0.6 is 11.8 Å². The molecule has 1 aliphatic rings. The summed E-state index contributed by atoms with van der Waals surface area (Å²) < 4.78 is 0. The van der Waals surface area contributed by atoms with E-state index in [1.54, 1.807) is 11.8 Å². The Morgan fingerprint density at radius 3 is 2.83 bits per heavy atom. The van der Waals surface area contributed by atoms with Crippen LogP contribution in [0.2, 0.25) is 0 Å². The van der Waals surface area contributed by atoms with Crippen molar-refractivity contribution in [2.45, 2.75) is 50.0 Å². The van der Waals surface area contributed by atoms with Gasteiger partial charge in [0.1, 0.15) is 0 Å². The number of benzene rings is 1. The van der Waals surface area contributed by atoms with Crippen molar-refractivity contribution in [1.82, 2.24) is 0 Å².